The number of benzene rings is 2. The minimum atomic E-state index is -0.271. The predicted octanol–water partition coefficient (Wildman–Crippen LogP) is 4.74. The van der Waals surface area contributed by atoms with E-state index in [2.05, 4.69) is 42.2 Å². The van der Waals surface area contributed by atoms with E-state index in [1.165, 1.54) is 6.07 Å². The average Bonchev–Trinajstić information content (AvgIpc) is 3.11. The van der Waals surface area contributed by atoms with Gasteiger partial charge in [0.15, 0.2) is 0 Å². The van der Waals surface area contributed by atoms with Gasteiger partial charge in [0, 0.05) is 46.4 Å². The number of rotatable bonds is 8. The van der Waals surface area contributed by atoms with E-state index in [9.17, 15) is 9.18 Å². The van der Waals surface area contributed by atoms with Crippen LogP contribution in [-0.2, 0) is 9.53 Å². The molecule has 0 saturated carbocycles. The number of nitrogens with zero attached hydrogens (tertiary/aromatic N) is 2. The Hall–Kier alpha value is -2.80. The van der Waals surface area contributed by atoms with E-state index in [1.54, 1.807) is 13.2 Å². The second-order valence-electron chi connectivity index (χ2n) is 9.34. The standard InChI is InChI=1S/C29H36FN3O2/c1-4-28(35-3)22-7-5-21(6-8-22)17-25-20(2)26(24-10-9-23(30)18-27(24)25)19-29(34)33-15-13-32(12-11-31)14-16-33/h5-10,17-18,28H,4,11-16,19,31H2,1-3H3/b25-17-. The molecule has 6 heteroatoms. The molecule has 0 spiro atoms. The highest BCUT2D eigenvalue weighted by atomic mass is 19.1. The van der Waals surface area contributed by atoms with Crippen LogP contribution in [0.15, 0.2) is 48.0 Å². The summed E-state index contributed by atoms with van der Waals surface area (Å²) in [7, 11) is 1.73. The molecular formula is C29H36FN3O2. The van der Waals surface area contributed by atoms with Crippen LogP contribution in [0, 0.1) is 5.82 Å². The third-order valence-electron chi connectivity index (χ3n) is 7.23. The lowest BCUT2D eigenvalue weighted by Crippen LogP contribution is -2.49. The molecule has 1 fully saturated rings. The van der Waals surface area contributed by atoms with Crippen molar-refractivity contribution < 1.29 is 13.9 Å². The molecule has 35 heavy (non-hydrogen) atoms. The van der Waals surface area contributed by atoms with Crippen LogP contribution in [-0.4, -0.2) is 62.1 Å². The van der Waals surface area contributed by atoms with Gasteiger partial charge in [0.25, 0.3) is 0 Å². The Kier molecular flexibility index (Phi) is 8.16. The van der Waals surface area contributed by atoms with Crippen molar-refractivity contribution in [3.8, 4) is 0 Å². The zero-order valence-electron chi connectivity index (χ0n) is 21.0. The Balaban J connectivity index is 1.59. The Bertz CT molecular complexity index is 1110. The summed E-state index contributed by atoms with van der Waals surface area (Å²) in [6.45, 7) is 8.79. The summed E-state index contributed by atoms with van der Waals surface area (Å²) >= 11 is 0. The molecule has 5 nitrogen and oxygen atoms in total. The van der Waals surface area contributed by atoms with E-state index in [1.807, 2.05) is 17.9 Å². The topological polar surface area (TPSA) is 58.8 Å². The van der Waals surface area contributed by atoms with E-state index in [0.717, 1.165) is 78.1 Å². The van der Waals surface area contributed by atoms with Gasteiger partial charge in [-0.1, -0.05) is 37.3 Å². The largest absolute Gasteiger partial charge is 0.377 e. The minimum absolute atomic E-state index is 0.0782. The molecule has 2 aromatic rings. The molecule has 1 heterocycles. The van der Waals surface area contributed by atoms with Gasteiger partial charge in [-0.15, -0.1) is 0 Å². The second-order valence-corrected chi connectivity index (χ2v) is 9.34. The first-order valence-electron chi connectivity index (χ1n) is 12.5. The Labute approximate surface area is 208 Å². The first kappa shape index (κ1) is 25.3. The third kappa shape index (κ3) is 5.56. The first-order valence-corrected chi connectivity index (χ1v) is 12.5. The van der Waals surface area contributed by atoms with Gasteiger partial charge >= 0.3 is 0 Å². The second kappa shape index (κ2) is 11.3. The fourth-order valence-electron chi connectivity index (χ4n) is 5.16. The van der Waals surface area contributed by atoms with Crippen LogP contribution in [0.25, 0.3) is 17.2 Å². The zero-order valence-corrected chi connectivity index (χ0v) is 21.0. The third-order valence-corrected chi connectivity index (χ3v) is 7.23. The summed E-state index contributed by atoms with van der Waals surface area (Å²) in [5.74, 6) is -0.148. The Morgan fingerprint density at radius 2 is 1.83 bits per heavy atom. The molecule has 0 bridgehead atoms. The SMILES string of the molecule is CCC(OC)c1ccc(/C=C2/C(C)=C(CC(=O)N3CCN(CCN)CC3)c3ccc(F)cc32)cc1. The van der Waals surface area contributed by atoms with E-state index < -0.39 is 0 Å². The van der Waals surface area contributed by atoms with Gasteiger partial charge in [-0.3, -0.25) is 9.69 Å². The van der Waals surface area contributed by atoms with Crippen molar-refractivity contribution in [3.63, 3.8) is 0 Å². The molecule has 186 valence electrons. The summed E-state index contributed by atoms with van der Waals surface area (Å²) in [5, 5.41) is 0. The van der Waals surface area contributed by atoms with Gasteiger partial charge in [-0.05, 0) is 70.5 Å². The van der Waals surface area contributed by atoms with Crippen LogP contribution in [0.5, 0.6) is 0 Å². The molecule has 1 aliphatic carbocycles. The van der Waals surface area contributed by atoms with Crippen molar-refractivity contribution in [1.29, 1.82) is 0 Å². The van der Waals surface area contributed by atoms with Crippen LogP contribution >= 0.6 is 0 Å². The maximum atomic E-state index is 14.3. The smallest absolute Gasteiger partial charge is 0.227 e. The predicted molar refractivity (Wildman–Crippen MR) is 140 cm³/mol. The van der Waals surface area contributed by atoms with Gasteiger partial charge in [0.1, 0.15) is 5.82 Å². The summed E-state index contributed by atoms with van der Waals surface area (Å²) in [4.78, 5) is 17.4. The number of halogens is 1. The van der Waals surface area contributed by atoms with Gasteiger partial charge in [-0.25, -0.2) is 4.39 Å². The first-order chi connectivity index (χ1) is 16.9. The maximum Gasteiger partial charge on any atom is 0.227 e. The monoisotopic (exact) mass is 477 g/mol. The number of fused-ring (bicyclic) bond motifs is 1. The number of allylic oxidation sites excluding steroid dienone is 2. The highest BCUT2D eigenvalue weighted by Crippen LogP contribution is 2.44. The lowest BCUT2D eigenvalue weighted by Gasteiger charge is -2.34. The van der Waals surface area contributed by atoms with Crippen molar-refractivity contribution in [2.45, 2.75) is 32.8 Å². The number of methoxy groups -OCH3 is 1. The number of carbonyl (C=O) groups is 1. The number of piperazine rings is 1. The van der Waals surface area contributed by atoms with Crippen LogP contribution in [0.1, 0.15) is 55.0 Å². The summed E-state index contributed by atoms with van der Waals surface area (Å²) in [6.07, 6.45) is 3.40. The lowest BCUT2D eigenvalue weighted by atomic mass is 9.99. The zero-order chi connectivity index (χ0) is 24.9. The average molecular weight is 478 g/mol. The highest BCUT2D eigenvalue weighted by molar-refractivity contribution is 6.08. The summed E-state index contributed by atoms with van der Waals surface area (Å²) in [6, 6.07) is 13.2. The molecule has 1 saturated heterocycles. The fraction of sp³-hybridized carbons (Fsp3) is 0.414. The van der Waals surface area contributed by atoms with E-state index >= 15 is 0 Å². The molecule has 2 N–H and O–H groups in total. The quantitative estimate of drug-likeness (QED) is 0.597. The van der Waals surface area contributed by atoms with Crippen molar-refractivity contribution in [1.82, 2.24) is 9.80 Å². The van der Waals surface area contributed by atoms with Crippen LogP contribution in [0.3, 0.4) is 0 Å². The van der Waals surface area contributed by atoms with Gasteiger partial charge in [0.05, 0.1) is 12.5 Å². The molecule has 1 amide bonds. The number of carbonyl (C=O) groups excluding carboxylic acids is 1. The molecule has 4 rings (SSSR count). The molecule has 2 aliphatic rings. The Morgan fingerprint density at radius 1 is 1.11 bits per heavy atom. The van der Waals surface area contributed by atoms with E-state index in [-0.39, 0.29) is 17.8 Å². The summed E-state index contributed by atoms with van der Waals surface area (Å²) in [5.41, 5.74) is 12.6. The molecule has 0 radical (unpaired) electrons. The van der Waals surface area contributed by atoms with Crippen molar-refractivity contribution in [2.24, 2.45) is 5.73 Å². The van der Waals surface area contributed by atoms with Gasteiger partial charge < -0.3 is 15.4 Å². The van der Waals surface area contributed by atoms with Crippen molar-refractivity contribution >= 4 is 23.1 Å². The summed E-state index contributed by atoms with van der Waals surface area (Å²) < 4.78 is 19.8. The highest BCUT2D eigenvalue weighted by Gasteiger charge is 2.28. The van der Waals surface area contributed by atoms with Crippen LogP contribution < -0.4 is 5.73 Å². The number of ether oxygens (including phenoxy) is 1. The molecular weight excluding hydrogens is 441 g/mol. The van der Waals surface area contributed by atoms with Crippen molar-refractivity contribution in [2.75, 3.05) is 46.4 Å². The van der Waals surface area contributed by atoms with E-state index in [4.69, 9.17) is 10.5 Å². The molecule has 0 aromatic heterocycles. The lowest BCUT2D eigenvalue weighted by molar-refractivity contribution is -0.131. The number of amides is 1. The Morgan fingerprint density at radius 3 is 2.46 bits per heavy atom. The molecule has 2 aromatic carbocycles. The molecule has 1 atom stereocenters. The fourth-order valence-corrected chi connectivity index (χ4v) is 5.16. The van der Waals surface area contributed by atoms with Gasteiger partial charge in [-0.2, -0.15) is 0 Å². The van der Waals surface area contributed by atoms with Crippen LogP contribution in [0.4, 0.5) is 4.39 Å². The number of hydrogen-bond donors (Lipinski definition) is 1. The molecule has 1 aliphatic heterocycles. The van der Waals surface area contributed by atoms with Crippen LogP contribution in [0.2, 0.25) is 0 Å². The number of nitrogens with two attached hydrogens (primary N) is 1. The normalized spacial score (nSPS) is 18.3. The minimum Gasteiger partial charge on any atom is -0.377 e. The van der Waals surface area contributed by atoms with E-state index in [0.29, 0.717) is 13.0 Å². The maximum absolute atomic E-state index is 14.3. The number of hydrogen-bond acceptors (Lipinski definition) is 4. The molecule has 1 unspecified atom stereocenters. The van der Waals surface area contributed by atoms with Gasteiger partial charge in [0.2, 0.25) is 5.91 Å². The van der Waals surface area contributed by atoms with Crippen molar-refractivity contribution in [3.05, 3.63) is 76.1 Å².